The number of rotatable bonds is 4. The second kappa shape index (κ2) is 6.23. The Kier molecular flexibility index (Phi) is 4.86. The van der Waals surface area contributed by atoms with Gasteiger partial charge in [0, 0.05) is 10.6 Å². The summed E-state index contributed by atoms with van der Waals surface area (Å²) in [6.45, 7) is 2.23. The maximum absolute atomic E-state index is 13.8. The first-order valence-corrected chi connectivity index (χ1v) is 7.63. The average molecular weight is 284 g/mol. The molecular weight excluding hydrogens is 261 g/mol. The van der Waals surface area contributed by atoms with Gasteiger partial charge in [0.05, 0.1) is 0 Å². The number of benzene rings is 1. The van der Waals surface area contributed by atoms with Crippen molar-refractivity contribution in [1.29, 1.82) is 0 Å². The minimum Gasteiger partial charge on any atom is -0.325 e. The van der Waals surface area contributed by atoms with Crippen LogP contribution >= 0.6 is 11.6 Å². The van der Waals surface area contributed by atoms with Crippen molar-refractivity contribution in [2.75, 3.05) is 0 Å². The summed E-state index contributed by atoms with van der Waals surface area (Å²) in [5, 5.41) is 0.443. The lowest BCUT2D eigenvalue weighted by Crippen LogP contribution is -2.45. The highest BCUT2D eigenvalue weighted by Crippen LogP contribution is 2.35. The molecule has 1 aliphatic carbocycles. The van der Waals surface area contributed by atoms with Crippen LogP contribution in [-0.2, 0) is 6.42 Å². The zero-order chi connectivity index (χ0) is 13.9. The van der Waals surface area contributed by atoms with Crippen molar-refractivity contribution in [3.8, 4) is 0 Å². The normalized spacial score (nSPS) is 27.5. The van der Waals surface area contributed by atoms with Gasteiger partial charge in [-0.05, 0) is 55.7 Å². The Morgan fingerprint density at radius 3 is 2.63 bits per heavy atom. The van der Waals surface area contributed by atoms with Gasteiger partial charge in [0.15, 0.2) is 0 Å². The Hall–Kier alpha value is -0.600. The van der Waals surface area contributed by atoms with Gasteiger partial charge >= 0.3 is 0 Å². The molecule has 0 bridgehead atoms. The summed E-state index contributed by atoms with van der Waals surface area (Å²) < 4.78 is 13.8. The first-order valence-electron chi connectivity index (χ1n) is 7.25. The van der Waals surface area contributed by atoms with E-state index in [1.165, 1.54) is 31.7 Å². The van der Waals surface area contributed by atoms with Crippen LogP contribution in [0.5, 0.6) is 0 Å². The van der Waals surface area contributed by atoms with Crippen molar-refractivity contribution in [3.05, 3.63) is 34.6 Å². The molecule has 0 spiro atoms. The van der Waals surface area contributed by atoms with E-state index in [9.17, 15) is 4.39 Å². The molecule has 1 saturated carbocycles. The highest BCUT2D eigenvalue weighted by molar-refractivity contribution is 6.30. The predicted molar refractivity (Wildman–Crippen MR) is 78.9 cm³/mol. The molecule has 2 N–H and O–H groups in total. The molecule has 0 heterocycles. The summed E-state index contributed by atoms with van der Waals surface area (Å²) in [5.41, 5.74) is 6.91. The highest BCUT2D eigenvalue weighted by atomic mass is 35.5. The average Bonchev–Trinajstić information content (AvgIpc) is 2.36. The van der Waals surface area contributed by atoms with Gasteiger partial charge in [-0.3, -0.25) is 0 Å². The van der Waals surface area contributed by atoms with Gasteiger partial charge in [0.1, 0.15) is 5.82 Å². The molecule has 0 atom stereocenters. The van der Waals surface area contributed by atoms with E-state index in [1.54, 1.807) is 12.1 Å². The molecule has 0 saturated heterocycles. The first-order chi connectivity index (χ1) is 9.02. The van der Waals surface area contributed by atoms with Crippen LogP contribution in [0.25, 0.3) is 0 Å². The van der Waals surface area contributed by atoms with Crippen molar-refractivity contribution < 1.29 is 4.39 Å². The quantitative estimate of drug-likeness (QED) is 0.851. The fourth-order valence-corrected chi connectivity index (χ4v) is 3.33. The number of hydrogen-bond acceptors (Lipinski definition) is 1. The zero-order valence-corrected chi connectivity index (χ0v) is 12.3. The maximum Gasteiger partial charge on any atom is 0.127 e. The Balaban J connectivity index is 1.99. The lowest BCUT2D eigenvalue weighted by atomic mass is 9.73. The second-order valence-electron chi connectivity index (χ2n) is 6.01. The SMILES string of the molecule is CCCC1CCC(N)(Cc2ccc(Cl)cc2F)CC1. The van der Waals surface area contributed by atoms with E-state index >= 15 is 0 Å². The summed E-state index contributed by atoms with van der Waals surface area (Å²) in [5.74, 6) is 0.588. The third-order valence-electron chi connectivity index (χ3n) is 4.36. The Bertz CT molecular complexity index is 425. The highest BCUT2D eigenvalue weighted by Gasteiger charge is 2.32. The minimum atomic E-state index is -0.237. The van der Waals surface area contributed by atoms with Crippen LogP contribution in [0.2, 0.25) is 5.02 Å². The zero-order valence-electron chi connectivity index (χ0n) is 11.6. The standard InChI is InChI=1S/C16H23ClFN/c1-2-3-12-6-8-16(19,9-7-12)11-13-4-5-14(17)10-15(13)18/h4-5,10,12H,2-3,6-9,11,19H2,1H3. The molecule has 1 aliphatic rings. The molecule has 3 heteroatoms. The monoisotopic (exact) mass is 283 g/mol. The van der Waals surface area contributed by atoms with Crippen LogP contribution in [0.1, 0.15) is 51.0 Å². The fraction of sp³-hybridized carbons (Fsp3) is 0.625. The molecular formula is C16H23ClFN. The van der Waals surface area contributed by atoms with Gasteiger partial charge < -0.3 is 5.73 Å². The lowest BCUT2D eigenvalue weighted by Gasteiger charge is -2.37. The molecule has 1 aromatic carbocycles. The van der Waals surface area contributed by atoms with Crippen LogP contribution in [0.3, 0.4) is 0 Å². The van der Waals surface area contributed by atoms with Gasteiger partial charge in [-0.1, -0.05) is 37.4 Å². The summed E-state index contributed by atoms with van der Waals surface area (Å²) in [4.78, 5) is 0. The molecule has 1 aromatic rings. The van der Waals surface area contributed by atoms with E-state index < -0.39 is 0 Å². The largest absolute Gasteiger partial charge is 0.325 e. The maximum atomic E-state index is 13.8. The topological polar surface area (TPSA) is 26.0 Å². The Labute approximate surface area is 120 Å². The van der Waals surface area contributed by atoms with Crippen molar-refractivity contribution >= 4 is 11.6 Å². The second-order valence-corrected chi connectivity index (χ2v) is 6.44. The number of hydrogen-bond donors (Lipinski definition) is 1. The van der Waals surface area contributed by atoms with Gasteiger partial charge in [-0.25, -0.2) is 4.39 Å². The molecule has 1 nitrogen and oxygen atoms in total. The van der Waals surface area contributed by atoms with Crippen LogP contribution in [0.15, 0.2) is 18.2 Å². The van der Waals surface area contributed by atoms with Crippen molar-refractivity contribution in [2.24, 2.45) is 11.7 Å². The molecule has 0 aliphatic heterocycles. The van der Waals surface area contributed by atoms with Gasteiger partial charge in [0.25, 0.3) is 0 Å². The minimum absolute atomic E-state index is 0.229. The van der Waals surface area contributed by atoms with E-state index in [0.29, 0.717) is 17.0 Å². The molecule has 106 valence electrons. The summed E-state index contributed by atoms with van der Waals surface area (Å²) >= 11 is 5.78. The lowest BCUT2D eigenvalue weighted by molar-refractivity contribution is 0.222. The van der Waals surface area contributed by atoms with Crippen LogP contribution in [0.4, 0.5) is 4.39 Å². The molecule has 0 unspecified atom stereocenters. The van der Waals surface area contributed by atoms with Gasteiger partial charge in [0.2, 0.25) is 0 Å². The van der Waals surface area contributed by atoms with E-state index in [2.05, 4.69) is 6.92 Å². The Morgan fingerprint density at radius 2 is 2.05 bits per heavy atom. The summed E-state index contributed by atoms with van der Waals surface area (Å²) in [6, 6.07) is 4.89. The molecule has 19 heavy (non-hydrogen) atoms. The number of halogens is 2. The van der Waals surface area contributed by atoms with E-state index in [1.807, 2.05) is 0 Å². The number of nitrogens with two attached hydrogens (primary N) is 1. The van der Waals surface area contributed by atoms with Gasteiger partial charge in [-0.15, -0.1) is 0 Å². The molecule has 1 fully saturated rings. The Morgan fingerprint density at radius 1 is 1.37 bits per heavy atom. The van der Waals surface area contributed by atoms with E-state index in [4.69, 9.17) is 17.3 Å². The van der Waals surface area contributed by atoms with Crippen LogP contribution in [0, 0.1) is 11.7 Å². The third-order valence-corrected chi connectivity index (χ3v) is 4.59. The fourth-order valence-electron chi connectivity index (χ4n) is 3.17. The summed E-state index contributed by atoms with van der Waals surface area (Å²) in [7, 11) is 0. The van der Waals surface area contributed by atoms with Crippen molar-refractivity contribution in [1.82, 2.24) is 0 Å². The van der Waals surface area contributed by atoms with Crippen LogP contribution < -0.4 is 5.73 Å². The summed E-state index contributed by atoms with van der Waals surface area (Å²) in [6.07, 6.45) is 7.52. The van der Waals surface area contributed by atoms with Gasteiger partial charge in [-0.2, -0.15) is 0 Å². The van der Waals surface area contributed by atoms with Crippen molar-refractivity contribution in [2.45, 2.75) is 57.4 Å². The van der Waals surface area contributed by atoms with E-state index in [-0.39, 0.29) is 11.4 Å². The molecule has 0 amide bonds. The van der Waals surface area contributed by atoms with E-state index in [0.717, 1.165) is 18.8 Å². The predicted octanol–water partition coefficient (Wildman–Crippen LogP) is 4.71. The molecule has 2 rings (SSSR count). The molecule has 0 aromatic heterocycles. The first kappa shape index (κ1) is 14.8. The van der Waals surface area contributed by atoms with Crippen molar-refractivity contribution in [3.63, 3.8) is 0 Å². The molecule has 0 radical (unpaired) electrons. The third kappa shape index (κ3) is 3.93. The van der Waals surface area contributed by atoms with Crippen LogP contribution in [-0.4, -0.2) is 5.54 Å². The smallest absolute Gasteiger partial charge is 0.127 e.